The van der Waals surface area contributed by atoms with Crippen molar-refractivity contribution < 1.29 is 18.3 Å². The molecule has 1 aliphatic carbocycles. The van der Waals surface area contributed by atoms with Crippen LogP contribution in [0.5, 0.6) is 5.88 Å². The maximum Gasteiger partial charge on any atom is 0.213 e. The fourth-order valence-electron chi connectivity index (χ4n) is 5.57. The minimum atomic E-state index is -1.28. The number of benzene rings is 1. The van der Waals surface area contributed by atoms with E-state index in [0.29, 0.717) is 25.5 Å². The molecule has 1 aromatic carbocycles. The van der Waals surface area contributed by atoms with Gasteiger partial charge in [0.15, 0.2) is 5.67 Å². The van der Waals surface area contributed by atoms with Crippen LogP contribution in [0.25, 0.3) is 5.57 Å². The highest BCUT2D eigenvalue weighted by atomic mass is 19.1. The first-order chi connectivity index (χ1) is 16.6. The van der Waals surface area contributed by atoms with Gasteiger partial charge >= 0.3 is 0 Å². The smallest absolute Gasteiger partial charge is 0.213 e. The van der Waals surface area contributed by atoms with Gasteiger partial charge in [-0.2, -0.15) is 0 Å². The molecule has 0 unspecified atom stereocenters. The van der Waals surface area contributed by atoms with Crippen molar-refractivity contribution in [1.29, 1.82) is 0 Å². The van der Waals surface area contributed by atoms with Crippen molar-refractivity contribution in [1.82, 2.24) is 9.88 Å². The zero-order valence-corrected chi connectivity index (χ0v) is 19.9. The molecule has 2 aliphatic heterocycles. The molecule has 1 fully saturated rings. The molecule has 0 bridgehead atoms. The fourth-order valence-corrected chi connectivity index (χ4v) is 5.57. The van der Waals surface area contributed by atoms with Crippen molar-refractivity contribution in [3.8, 4) is 5.88 Å². The lowest BCUT2D eigenvalue weighted by molar-refractivity contribution is -0.147. The first-order valence-electron chi connectivity index (χ1n) is 12.6. The number of pyridine rings is 1. The van der Waals surface area contributed by atoms with Gasteiger partial charge in [0.05, 0.1) is 32.5 Å². The predicted octanol–water partition coefficient (Wildman–Crippen LogP) is 5.87. The van der Waals surface area contributed by atoms with Gasteiger partial charge in [-0.15, -0.1) is 0 Å². The van der Waals surface area contributed by atoms with Crippen LogP contribution >= 0.6 is 0 Å². The van der Waals surface area contributed by atoms with E-state index in [1.807, 2.05) is 12.3 Å². The van der Waals surface area contributed by atoms with Crippen LogP contribution in [0, 0.1) is 0 Å². The van der Waals surface area contributed by atoms with Gasteiger partial charge in [0.2, 0.25) is 5.88 Å². The van der Waals surface area contributed by atoms with Gasteiger partial charge in [0.1, 0.15) is 0 Å². The van der Waals surface area contributed by atoms with E-state index in [0.717, 1.165) is 37.7 Å². The van der Waals surface area contributed by atoms with E-state index in [1.165, 1.54) is 22.3 Å². The van der Waals surface area contributed by atoms with E-state index in [4.69, 9.17) is 9.47 Å². The third-order valence-corrected chi connectivity index (χ3v) is 7.38. The molecule has 5 rings (SSSR count). The monoisotopic (exact) mass is 468 g/mol. The second kappa shape index (κ2) is 10.1. The summed E-state index contributed by atoms with van der Waals surface area (Å²) in [5, 5.41) is 0. The van der Waals surface area contributed by atoms with Crippen molar-refractivity contribution in [3.05, 3.63) is 64.9 Å². The lowest BCUT2D eigenvalue weighted by Gasteiger charge is -2.47. The van der Waals surface area contributed by atoms with Crippen LogP contribution < -0.4 is 4.74 Å². The van der Waals surface area contributed by atoms with Gasteiger partial charge < -0.3 is 9.47 Å². The van der Waals surface area contributed by atoms with Crippen LogP contribution in [-0.2, 0) is 11.2 Å². The van der Waals surface area contributed by atoms with Crippen molar-refractivity contribution >= 4 is 5.57 Å². The lowest BCUT2D eigenvalue weighted by Crippen LogP contribution is -2.56. The third-order valence-electron chi connectivity index (χ3n) is 7.38. The number of hydrogen-bond donors (Lipinski definition) is 0. The van der Waals surface area contributed by atoms with Gasteiger partial charge in [-0.1, -0.05) is 36.8 Å². The number of hydrogen-bond acceptors (Lipinski definition) is 4. The third kappa shape index (κ3) is 4.76. The summed E-state index contributed by atoms with van der Waals surface area (Å²) in [6, 6.07) is 12.8. The Morgan fingerprint density at radius 1 is 1.12 bits per heavy atom. The van der Waals surface area contributed by atoms with E-state index >= 15 is 4.39 Å². The number of unbranched alkanes of at least 4 members (excludes halogenated alkanes) is 3. The number of rotatable bonds is 10. The zero-order valence-electron chi connectivity index (χ0n) is 19.9. The Balaban J connectivity index is 1.36. The topological polar surface area (TPSA) is 34.6 Å². The standard InChI is InChI=1S/C28H34F2N2O2/c1-20-14-24-23-9-5-4-8-21(23)15-25(24)27(32(20)17-28(30)18-33-19-28)22-10-11-26(31-16-22)34-13-7-3-2-6-12-29/h4-5,8-11,16,20,27H,2-3,6-7,12-15,17-19H2,1H3/t20-,27-/m1/s1. The van der Waals surface area contributed by atoms with E-state index in [-0.39, 0.29) is 32.0 Å². The first-order valence-corrected chi connectivity index (χ1v) is 12.6. The minimum Gasteiger partial charge on any atom is -0.478 e. The summed E-state index contributed by atoms with van der Waals surface area (Å²) >= 11 is 0. The molecule has 0 radical (unpaired) electrons. The van der Waals surface area contributed by atoms with E-state index in [9.17, 15) is 4.39 Å². The summed E-state index contributed by atoms with van der Waals surface area (Å²) in [5.74, 6) is 0.600. The maximum absolute atomic E-state index is 15.2. The Hall–Kier alpha value is -2.31. The number of halogens is 2. The van der Waals surface area contributed by atoms with Gasteiger partial charge in [-0.25, -0.2) is 9.37 Å². The highest BCUT2D eigenvalue weighted by Crippen LogP contribution is 2.49. The molecule has 2 aromatic rings. The molecule has 0 N–H and O–H groups in total. The summed E-state index contributed by atoms with van der Waals surface area (Å²) in [6.45, 7) is 3.25. The van der Waals surface area contributed by atoms with Crippen LogP contribution in [0.15, 0.2) is 48.2 Å². The number of alkyl halides is 2. The highest BCUT2D eigenvalue weighted by molar-refractivity contribution is 5.78. The van der Waals surface area contributed by atoms with Gasteiger partial charge in [-0.3, -0.25) is 9.29 Å². The maximum atomic E-state index is 15.2. The molecule has 6 heteroatoms. The zero-order chi connectivity index (χ0) is 23.5. The van der Waals surface area contributed by atoms with Crippen LogP contribution in [0.2, 0.25) is 0 Å². The molecule has 1 saturated heterocycles. The average molecular weight is 469 g/mol. The van der Waals surface area contributed by atoms with E-state index < -0.39 is 5.67 Å². The molecular formula is C28H34F2N2O2. The molecule has 34 heavy (non-hydrogen) atoms. The Morgan fingerprint density at radius 3 is 2.68 bits per heavy atom. The second-order valence-electron chi connectivity index (χ2n) is 9.99. The van der Waals surface area contributed by atoms with Gasteiger partial charge in [0.25, 0.3) is 0 Å². The van der Waals surface area contributed by atoms with Crippen molar-refractivity contribution in [2.75, 3.05) is 33.0 Å². The Morgan fingerprint density at radius 2 is 1.94 bits per heavy atom. The van der Waals surface area contributed by atoms with Crippen LogP contribution in [0.3, 0.4) is 0 Å². The van der Waals surface area contributed by atoms with Crippen molar-refractivity contribution in [3.63, 3.8) is 0 Å². The Labute approximate surface area is 201 Å². The number of nitrogens with zero attached hydrogens (tertiary/aromatic N) is 2. The second-order valence-corrected chi connectivity index (χ2v) is 9.99. The summed E-state index contributed by atoms with van der Waals surface area (Å²) in [4.78, 5) is 6.91. The first kappa shape index (κ1) is 23.4. The summed E-state index contributed by atoms with van der Waals surface area (Å²) in [5.41, 5.74) is 5.27. The summed E-state index contributed by atoms with van der Waals surface area (Å²) < 4.78 is 38.5. The quantitative estimate of drug-likeness (QED) is 0.408. The molecule has 3 heterocycles. The largest absolute Gasteiger partial charge is 0.478 e. The molecule has 4 nitrogen and oxygen atoms in total. The molecular weight excluding hydrogens is 434 g/mol. The SMILES string of the molecule is C[C@@H]1CC2=C(Cc3ccccc32)[C@@H](c2ccc(OCCCCCCF)nc2)N1CC1(F)COC1. The van der Waals surface area contributed by atoms with E-state index in [2.05, 4.69) is 47.1 Å². The molecule has 0 spiro atoms. The molecule has 0 amide bonds. The van der Waals surface area contributed by atoms with Crippen LogP contribution in [0.1, 0.15) is 61.8 Å². The number of ether oxygens (including phenoxy) is 2. The average Bonchev–Trinajstić information content (AvgIpc) is 3.19. The molecule has 2 atom stereocenters. The van der Waals surface area contributed by atoms with Crippen LogP contribution in [-0.4, -0.2) is 54.6 Å². The van der Waals surface area contributed by atoms with Crippen molar-refractivity contribution in [2.45, 2.75) is 63.2 Å². The predicted molar refractivity (Wildman–Crippen MR) is 129 cm³/mol. The number of fused-ring (bicyclic) bond motifs is 2. The molecule has 3 aliphatic rings. The number of aromatic nitrogens is 1. The van der Waals surface area contributed by atoms with Gasteiger partial charge in [0, 0.05) is 24.8 Å². The molecule has 182 valence electrons. The summed E-state index contributed by atoms with van der Waals surface area (Å²) in [7, 11) is 0. The molecule has 0 saturated carbocycles. The Bertz CT molecular complexity index is 1020. The Kier molecular flexibility index (Phi) is 6.98. The van der Waals surface area contributed by atoms with Crippen molar-refractivity contribution in [2.24, 2.45) is 0 Å². The van der Waals surface area contributed by atoms with Gasteiger partial charge in [-0.05, 0) is 66.9 Å². The van der Waals surface area contributed by atoms with Crippen LogP contribution in [0.4, 0.5) is 8.78 Å². The normalized spacial score (nSPS) is 23.4. The highest BCUT2D eigenvalue weighted by Gasteiger charge is 2.46. The lowest BCUT2D eigenvalue weighted by atomic mass is 9.84. The molecule has 1 aromatic heterocycles. The van der Waals surface area contributed by atoms with E-state index in [1.54, 1.807) is 0 Å². The fraction of sp³-hybridized carbons (Fsp3) is 0.536. The minimum absolute atomic E-state index is 0.0124. The summed E-state index contributed by atoms with van der Waals surface area (Å²) in [6.07, 6.45) is 7.09.